The first-order chi connectivity index (χ1) is 10.1. The molecule has 102 valence electrons. The molecule has 21 heavy (non-hydrogen) atoms. The highest BCUT2D eigenvalue weighted by Gasteiger charge is 2.11. The molecule has 1 aromatic heterocycles. The Morgan fingerprint density at radius 2 is 1.48 bits per heavy atom. The van der Waals surface area contributed by atoms with Crippen molar-refractivity contribution in [3.8, 4) is 17.2 Å². The van der Waals surface area contributed by atoms with Crippen LogP contribution in [0.25, 0.3) is 32.6 Å². The predicted octanol–water partition coefficient (Wildman–Crippen LogP) is 3.66. The fourth-order valence-corrected chi connectivity index (χ4v) is 2.69. The molecule has 0 saturated heterocycles. The van der Waals surface area contributed by atoms with Gasteiger partial charge in [0.25, 0.3) is 0 Å². The molecule has 0 atom stereocenters. The third-order valence-electron chi connectivity index (χ3n) is 3.69. The second kappa shape index (κ2) is 3.99. The van der Waals surface area contributed by atoms with Crippen molar-refractivity contribution in [3.63, 3.8) is 0 Å². The number of benzene rings is 3. The number of fused-ring (bicyclic) bond motifs is 3. The summed E-state index contributed by atoms with van der Waals surface area (Å²) in [6.45, 7) is 0. The number of pyridine rings is 1. The van der Waals surface area contributed by atoms with Crippen LogP contribution in [0.5, 0.6) is 17.2 Å². The van der Waals surface area contributed by atoms with Crippen molar-refractivity contribution in [2.45, 2.75) is 0 Å². The third kappa shape index (κ3) is 1.66. The van der Waals surface area contributed by atoms with E-state index in [0.29, 0.717) is 21.8 Å². The summed E-state index contributed by atoms with van der Waals surface area (Å²) in [5, 5.41) is 32.6. The van der Waals surface area contributed by atoms with E-state index in [1.807, 2.05) is 30.3 Å². The van der Waals surface area contributed by atoms with Crippen LogP contribution in [0.4, 0.5) is 0 Å². The molecular weight excluding hydrogens is 266 g/mol. The van der Waals surface area contributed by atoms with Crippen molar-refractivity contribution in [3.05, 3.63) is 48.5 Å². The molecule has 4 rings (SSSR count). The van der Waals surface area contributed by atoms with Gasteiger partial charge in [-0.3, -0.25) is 0 Å². The first-order valence-corrected chi connectivity index (χ1v) is 6.50. The standard InChI is InChI=1S/C17H11NO3/c19-10-6-15-12(16(20)7-10)8-13-14(18-15)5-9-3-1-2-4-11(9)17(13)21/h1-8,19-21H. The molecule has 0 aliphatic rings. The minimum absolute atomic E-state index is 0.0446. The second-order valence-corrected chi connectivity index (χ2v) is 5.03. The van der Waals surface area contributed by atoms with Crippen LogP contribution in [0.15, 0.2) is 48.5 Å². The molecule has 0 amide bonds. The normalized spacial score (nSPS) is 11.4. The molecular formula is C17H11NO3. The van der Waals surface area contributed by atoms with Gasteiger partial charge in [0.15, 0.2) is 0 Å². The summed E-state index contributed by atoms with van der Waals surface area (Å²) in [4.78, 5) is 4.43. The van der Waals surface area contributed by atoms with Crippen molar-refractivity contribution >= 4 is 32.6 Å². The summed E-state index contributed by atoms with van der Waals surface area (Å²) in [7, 11) is 0. The summed E-state index contributed by atoms with van der Waals surface area (Å²) >= 11 is 0. The highest BCUT2D eigenvalue weighted by Crippen LogP contribution is 2.37. The summed E-state index contributed by atoms with van der Waals surface area (Å²) in [5.41, 5.74) is 1.10. The van der Waals surface area contributed by atoms with Gasteiger partial charge in [-0.15, -0.1) is 0 Å². The largest absolute Gasteiger partial charge is 0.508 e. The zero-order chi connectivity index (χ0) is 14.6. The smallest absolute Gasteiger partial charge is 0.132 e. The maximum Gasteiger partial charge on any atom is 0.132 e. The minimum atomic E-state index is -0.0630. The van der Waals surface area contributed by atoms with Crippen LogP contribution in [0.1, 0.15) is 0 Å². The van der Waals surface area contributed by atoms with Gasteiger partial charge in [-0.1, -0.05) is 24.3 Å². The predicted molar refractivity (Wildman–Crippen MR) is 81.7 cm³/mol. The van der Waals surface area contributed by atoms with Gasteiger partial charge >= 0.3 is 0 Å². The lowest BCUT2D eigenvalue weighted by Crippen LogP contribution is -1.85. The quantitative estimate of drug-likeness (QED) is 0.429. The molecule has 0 aliphatic carbocycles. The Hall–Kier alpha value is -3.01. The molecule has 0 spiro atoms. The van der Waals surface area contributed by atoms with Crippen molar-refractivity contribution in [2.24, 2.45) is 0 Å². The Labute approximate surface area is 119 Å². The van der Waals surface area contributed by atoms with Gasteiger partial charge in [-0.05, 0) is 17.5 Å². The molecule has 3 N–H and O–H groups in total. The minimum Gasteiger partial charge on any atom is -0.508 e. The van der Waals surface area contributed by atoms with Gasteiger partial charge in [0.05, 0.1) is 11.0 Å². The van der Waals surface area contributed by atoms with Crippen LogP contribution in [0.3, 0.4) is 0 Å². The molecule has 0 aliphatic heterocycles. The van der Waals surface area contributed by atoms with E-state index in [1.54, 1.807) is 6.07 Å². The highest BCUT2D eigenvalue weighted by molar-refractivity contribution is 6.07. The van der Waals surface area contributed by atoms with Gasteiger partial charge in [0.2, 0.25) is 0 Å². The molecule has 0 unspecified atom stereocenters. The summed E-state index contributed by atoms with van der Waals surface area (Å²) in [6, 6.07) is 13.8. The average molecular weight is 277 g/mol. The van der Waals surface area contributed by atoms with E-state index >= 15 is 0 Å². The first kappa shape index (κ1) is 11.8. The second-order valence-electron chi connectivity index (χ2n) is 5.03. The van der Waals surface area contributed by atoms with Gasteiger partial charge in [0, 0.05) is 28.3 Å². The number of aromatic nitrogens is 1. The monoisotopic (exact) mass is 277 g/mol. The third-order valence-corrected chi connectivity index (χ3v) is 3.69. The maximum atomic E-state index is 10.4. The number of phenols is 3. The Balaban J connectivity index is 2.23. The molecule has 1 heterocycles. The summed E-state index contributed by atoms with van der Waals surface area (Å²) in [5.74, 6) is 0.0359. The number of nitrogens with zero attached hydrogens (tertiary/aromatic N) is 1. The van der Waals surface area contributed by atoms with Crippen molar-refractivity contribution in [2.75, 3.05) is 0 Å². The Bertz CT molecular complexity index is 1020. The summed E-state index contributed by atoms with van der Waals surface area (Å²) < 4.78 is 0. The number of hydrogen-bond acceptors (Lipinski definition) is 4. The Morgan fingerprint density at radius 1 is 0.714 bits per heavy atom. The van der Waals surface area contributed by atoms with E-state index in [1.165, 1.54) is 12.1 Å². The van der Waals surface area contributed by atoms with Gasteiger partial charge in [0.1, 0.15) is 17.2 Å². The van der Waals surface area contributed by atoms with Crippen LogP contribution >= 0.6 is 0 Å². The van der Waals surface area contributed by atoms with Gasteiger partial charge < -0.3 is 15.3 Å². The van der Waals surface area contributed by atoms with E-state index in [4.69, 9.17) is 0 Å². The lowest BCUT2D eigenvalue weighted by molar-refractivity contribution is 0.455. The molecule has 0 radical (unpaired) electrons. The van der Waals surface area contributed by atoms with Crippen LogP contribution in [-0.4, -0.2) is 20.3 Å². The molecule has 0 saturated carbocycles. The van der Waals surface area contributed by atoms with E-state index in [0.717, 1.165) is 10.8 Å². The number of phenolic OH excluding ortho intramolecular Hbond substituents is 3. The number of hydrogen-bond donors (Lipinski definition) is 3. The van der Waals surface area contributed by atoms with Crippen molar-refractivity contribution in [1.82, 2.24) is 4.98 Å². The highest BCUT2D eigenvalue weighted by atomic mass is 16.3. The Kier molecular flexibility index (Phi) is 2.24. The first-order valence-electron chi connectivity index (χ1n) is 6.50. The molecule has 3 aromatic carbocycles. The molecule has 0 bridgehead atoms. The lowest BCUT2D eigenvalue weighted by Gasteiger charge is -2.08. The van der Waals surface area contributed by atoms with Crippen LogP contribution < -0.4 is 0 Å². The SMILES string of the molecule is Oc1cc(O)c2cc3c(O)c4ccccc4cc3nc2c1. The molecule has 0 fully saturated rings. The lowest BCUT2D eigenvalue weighted by atomic mass is 10.0. The van der Waals surface area contributed by atoms with E-state index in [9.17, 15) is 15.3 Å². The molecule has 4 aromatic rings. The zero-order valence-corrected chi connectivity index (χ0v) is 10.9. The van der Waals surface area contributed by atoms with Crippen LogP contribution in [-0.2, 0) is 0 Å². The number of aromatic hydroxyl groups is 3. The number of rotatable bonds is 0. The zero-order valence-electron chi connectivity index (χ0n) is 10.9. The Morgan fingerprint density at radius 3 is 2.33 bits per heavy atom. The van der Waals surface area contributed by atoms with Crippen molar-refractivity contribution < 1.29 is 15.3 Å². The fraction of sp³-hybridized carbons (Fsp3) is 0. The van der Waals surface area contributed by atoms with Crippen LogP contribution in [0.2, 0.25) is 0 Å². The average Bonchev–Trinajstić information content (AvgIpc) is 2.46. The van der Waals surface area contributed by atoms with E-state index in [-0.39, 0.29) is 17.2 Å². The maximum absolute atomic E-state index is 10.4. The molecule has 4 nitrogen and oxygen atoms in total. The van der Waals surface area contributed by atoms with E-state index in [2.05, 4.69) is 4.98 Å². The topological polar surface area (TPSA) is 73.6 Å². The van der Waals surface area contributed by atoms with Gasteiger partial charge in [-0.25, -0.2) is 4.98 Å². The van der Waals surface area contributed by atoms with Crippen LogP contribution in [0, 0.1) is 0 Å². The van der Waals surface area contributed by atoms with E-state index < -0.39 is 0 Å². The van der Waals surface area contributed by atoms with Gasteiger partial charge in [-0.2, -0.15) is 0 Å². The van der Waals surface area contributed by atoms with Crippen molar-refractivity contribution in [1.29, 1.82) is 0 Å². The fourth-order valence-electron chi connectivity index (χ4n) is 2.69. The molecule has 4 heteroatoms. The summed E-state index contributed by atoms with van der Waals surface area (Å²) in [6.07, 6.45) is 0.